The molecule has 1 atom stereocenters. The Kier molecular flexibility index (Phi) is 8.07. The van der Waals surface area contributed by atoms with Crippen molar-refractivity contribution in [2.45, 2.75) is 49.2 Å². The van der Waals surface area contributed by atoms with E-state index in [2.05, 4.69) is 43.3 Å². The van der Waals surface area contributed by atoms with Gasteiger partial charge in [0.25, 0.3) is 0 Å². The summed E-state index contributed by atoms with van der Waals surface area (Å²) < 4.78 is 0. The van der Waals surface area contributed by atoms with Crippen LogP contribution in [0.1, 0.15) is 34.1 Å². The van der Waals surface area contributed by atoms with E-state index >= 15 is 0 Å². The molecule has 2 nitrogen and oxygen atoms in total. The quantitative estimate of drug-likeness (QED) is 0.379. The van der Waals surface area contributed by atoms with Gasteiger partial charge in [-0.05, 0) is 44.5 Å². The first-order valence-corrected chi connectivity index (χ1v) is 8.57. The maximum Gasteiger partial charge on any atom is 0.114 e. The summed E-state index contributed by atoms with van der Waals surface area (Å²) in [6.45, 7) is 9.06. The molecule has 1 aromatic carbocycles. The van der Waals surface area contributed by atoms with E-state index in [4.69, 9.17) is 4.84 Å². The van der Waals surface area contributed by atoms with Crippen molar-refractivity contribution < 1.29 is 4.84 Å². The van der Waals surface area contributed by atoms with Gasteiger partial charge < -0.3 is 4.84 Å². The Balaban J connectivity index is 2.44. The van der Waals surface area contributed by atoms with Crippen LogP contribution < -0.4 is 0 Å². The predicted molar refractivity (Wildman–Crippen MR) is 87.5 cm³/mol. The van der Waals surface area contributed by atoms with Crippen LogP contribution in [0.2, 0.25) is 0 Å². The second kappa shape index (κ2) is 9.32. The van der Waals surface area contributed by atoms with Crippen molar-refractivity contribution in [2.24, 2.45) is 5.16 Å². The number of nitrogens with zero attached hydrogens (tertiary/aromatic N) is 1. The molecule has 0 aromatic heterocycles. The van der Waals surface area contributed by atoms with Crippen LogP contribution in [0.3, 0.4) is 0 Å². The molecule has 0 saturated heterocycles. The zero-order valence-corrected chi connectivity index (χ0v) is 13.8. The van der Waals surface area contributed by atoms with E-state index in [0.717, 1.165) is 11.5 Å². The highest BCUT2D eigenvalue weighted by Gasteiger charge is 2.02. The number of thioether (sulfide) groups is 2. The third kappa shape index (κ3) is 6.92. The van der Waals surface area contributed by atoms with E-state index in [1.165, 1.54) is 16.2 Å². The molecule has 0 saturated carbocycles. The van der Waals surface area contributed by atoms with Crippen LogP contribution in [0.4, 0.5) is 0 Å². The largest absolute Gasteiger partial charge is 0.396 e. The maximum absolute atomic E-state index is 5.03. The van der Waals surface area contributed by atoms with Crippen LogP contribution in [0.15, 0.2) is 39.2 Å². The van der Waals surface area contributed by atoms with Crippen LogP contribution in [-0.4, -0.2) is 23.3 Å². The van der Waals surface area contributed by atoms with Crippen molar-refractivity contribution >= 4 is 29.2 Å². The Labute approximate surface area is 125 Å². The summed E-state index contributed by atoms with van der Waals surface area (Å²) in [6.07, 6.45) is 1.20. The molecule has 106 valence electrons. The van der Waals surface area contributed by atoms with Crippen molar-refractivity contribution in [1.82, 2.24) is 0 Å². The van der Waals surface area contributed by atoms with E-state index in [0.29, 0.717) is 11.9 Å². The normalized spacial score (nSPS) is 13.4. The minimum Gasteiger partial charge on any atom is -0.396 e. The highest BCUT2D eigenvalue weighted by atomic mass is 32.2. The van der Waals surface area contributed by atoms with Gasteiger partial charge in [0.05, 0.1) is 5.71 Å². The maximum atomic E-state index is 5.03. The van der Waals surface area contributed by atoms with E-state index in [-0.39, 0.29) is 0 Å². The van der Waals surface area contributed by atoms with E-state index in [9.17, 15) is 0 Å². The minimum absolute atomic E-state index is 0.629. The van der Waals surface area contributed by atoms with Crippen LogP contribution in [0.25, 0.3) is 0 Å². The third-order valence-electron chi connectivity index (χ3n) is 2.53. The van der Waals surface area contributed by atoms with Crippen molar-refractivity contribution in [3.05, 3.63) is 24.3 Å². The van der Waals surface area contributed by atoms with Crippen molar-refractivity contribution in [2.75, 3.05) is 12.4 Å². The van der Waals surface area contributed by atoms with Gasteiger partial charge in [0, 0.05) is 20.8 Å². The summed E-state index contributed by atoms with van der Waals surface area (Å²) in [5, 5.41) is 4.70. The fourth-order valence-corrected chi connectivity index (χ4v) is 3.00. The fraction of sp³-hybridized carbons (Fsp3) is 0.533. The summed E-state index contributed by atoms with van der Waals surface area (Å²) in [7, 11) is 0. The molecule has 4 heteroatoms. The molecule has 1 unspecified atom stereocenters. The smallest absolute Gasteiger partial charge is 0.114 e. The molecular formula is C15H23NOS2. The summed E-state index contributed by atoms with van der Waals surface area (Å²) in [6, 6.07) is 8.77. The van der Waals surface area contributed by atoms with Crippen molar-refractivity contribution in [3.63, 3.8) is 0 Å². The van der Waals surface area contributed by atoms with E-state index < -0.39 is 0 Å². The fourth-order valence-electron chi connectivity index (χ4n) is 1.32. The first-order valence-electron chi connectivity index (χ1n) is 6.70. The number of rotatable bonds is 8. The molecule has 1 rings (SSSR count). The van der Waals surface area contributed by atoms with E-state index in [1.54, 1.807) is 11.8 Å². The molecule has 0 amide bonds. The average molecular weight is 297 g/mol. The highest BCUT2D eigenvalue weighted by Crippen LogP contribution is 2.27. The summed E-state index contributed by atoms with van der Waals surface area (Å²) in [5.41, 5.74) is 1.02. The number of hydrogen-bond donors (Lipinski definition) is 0. The van der Waals surface area contributed by atoms with Gasteiger partial charge in [-0.25, -0.2) is 0 Å². The van der Waals surface area contributed by atoms with Crippen LogP contribution in [0.5, 0.6) is 0 Å². The molecule has 0 bridgehead atoms. The standard InChI is InChI=1S/C15H23NOS2/c1-5-13(4)19-15-9-7-14(8-10-15)18-11-12(3)16-17-6-2/h7-10,13H,5-6,11H2,1-4H3. The zero-order chi connectivity index (χ0) is 14.1. The first-order chi connectivity index (χ1) is 9.15. The number of hydrogen-bond acceptors (Lipinski definition) is 4. The lowest BCUT2D eigenvalue weighted by Gasteiger charge is -2.08. The Bertz CT molecular complexity index is 390. The summed E-state index contributed by atoms with van der Waals surface area (Å²) in [5.74, 6) is 0.873. The highest BCUT2D eigenvalue weighted by molar-refractivity contribution is 8.00. The summed E-state index contributed by atoms with van der Waals surface area (Å²) >= 11 is 3.73. The van der Waals surface area contributed by atoms with Crippen LogP contribution in [0, 0.1) is 0 Å². The zero-order valence-electron chi connectivity index (χ0n) is 12.2. The second-order valence-corrected chi connectivity index (χ2v) is 6.90. The molecule has 0 aliphatic heterocycles. The molecule has 1 aromatic rings. The Morgan fingerprint density at radius 3 is 2.42 bits per heavy atom. The van der Waals surface area contributed by atoms with Gasteiger partial charge in [-0.1, -0.05) is 19.0 Å². The number of benzene rings is 1. The molecule has 0 heterocycles. The van der Waals surface area contributed by atoms with Gasteiger partial charge >= 0.3 is 0 Å². The average Bonchev–Trinajstić information content (AvgIpc) is 2.44. The summed E-state index contributed by atoms with van der Waals surface area (Å²) in [4.78, 5) is 7.65. The minimum atomic E-state index is 0.629. The molecule has 0 spiro atoms. The number of oxime groups is 1. The van der Waals surface area contributed by atoms with Gasteiger partial charge in [-0.2, -0.15) is 0 Å². The SMILES string of the molecule is CCON=C(C)CSc1ccc(SC(C)CC)cc1. The van der Waals surface area contributed by atoms with Gasteiger partial charge in [0.2, 0.25) is 0 Å². The molecule has 0 aliphatic rings. The lowest BCUT2D eigenvalue weighted by atomic mass is 10.4. The van der Waals surface area contributed by atoms with Crippen molar-refractivity contribution in [1.29, 1.82) is 0 Å². The van der Waals surface area contributed by atoms with Gasteiger partial charge in [0.15, 0.2) is 0 Å². The van der Waals surface area contributed by atoms with Crippen LogP contribution in [-0.2, 0) is 4.84 Å². The lowest BCUT2D eigenvalue weighted by Crippen LogP contribution is -1.97. The van der Waals surface area contributed by atoms with E-state index in [1.807, 2.05) is 25.6 Å². The van der Waals surface area contributed by atoms with Gasteiger partial charge in [-0.15, -0.1) is 23.5 Å². The predicted octanol–water partition coefficient (Wildman–Crippen LogP) is 5.08. The third-order valence-corrected chi connectivity index (χ3v) is 4.98. The Morgan fingerprint density at radius 2 is 1.84 bits per heavy atom. The monoisotopic (exact) mass is 297 g/mol. The van der Waals surface area contributed by atoms with Crippen molar-refractivity contribution in [3.8, 4) is 0 Å². The molecule has 0 radical (unpaired) electrons. The Morgan fingerprint density at radius 1 is 1.21 bits per heavy atom. The van der Waals surface area contributed by atoms with Gasteiger partial charge in [-0.3, -0.25) is 0 Å². The first kappa shape index (κ1) is 16.4. The second-order valence-electron chi connectivity index (χ2n) is 4.34. The Hall–Kier alpha value is -0.610. The molecule has 0 N–H and O–H groups in total. The topological polar surface area (TPSA) is 21.6 Å². The lowest BCUT2D eigenvalue weighted by molar-refractivity contribution is 0.158. The van der Waals surface area contributed by atoms with Gasteiger partial charge in [0.1, 0.15) is 6.61 Å². The molecular weight excluding hydrogens is 274 g/mol. The molecule has 19 heavy (non-hydrogen) atoms. The molecule has 0 aliphatic carbocycles. The molecule has 0 fully saturated rings. The van der Waals surface area contributed by atoms with Crippen LogP contribution >= 0.6 is 23.5 Å².